The molecule has 0 radical (unpaired) electrons. The van der Waals surface area contributed by atoms with Crippen molar-refractivity contribution in [1.29, 1.82) is 0 Å². The molecule has 1 saturated carbocycles. The minimum atomic E-state index is 0.0314. The highest BCUT2D eigenvalue weighted by molar-refractivity contribution is 9.10. The highest BCUT2D eigenvalue weighted by Crippen LogP contribution is 2.29. The third kappa shape index (κ3) is 2.63. The zero-order valence-electron chi connectivity index (χ0n) is 11.6. The van der Waals surface area contributed by atoms with Crippen LogP contribution in [0.3, 0.4) is 0 Å². The van der Waals surface area contributed by atoms with Crippen molar-refractivity contribution in [3.63, 3.8) is 0 Å². The lowest BCUT2D eigenvalue weighted by molar-refractivity contribution is 0.261. The van der Waals surface area contributed by atoms with Gasteiger partial charge >= 0.3 is 0 Å². The predicted octanol–water partition coefficient (Wildman–Crippen LogP) is 1.59. The molecular weight excluding hydrogens is 320 g/mol. The van der Waals surface area contributed by atoms with Gasteiger partial charge in [-0.15, -0.1) is 0 Å². The van der Waals surface area contributed by atoms with E-state index >= 15 is 0 Å². The van der Waals surface area contributed by atoms with Gasteiger partial charge in [0.05, 0.1) is 10.7 Å². The maximum atomic E-state index is 12.6. The molecule has 1 atom stereocenters. The molecule has 1 aliphatic carbocycles. The van der Waals surface area contributed by atoms with E-state index in [1.54, 1.807) is 10.9 Å². The molecule has 5 nitrogen and oxygen atoms in total. The lowest BCUT2D eigenvalue weighted by Gasteiger charge is -2.26. The molecule has 110 valence electrons. The van der Waals surface area contributed by atoms with Crippen LogP contribution in [0.1, 0.15) is 25.7 Å². The molecule has 20 heavy (non-hydrogen) atoms. The van der Waals surface area contributed by atoms with Gasteiger partial charge in [0.2, 0.25) is 0 Å². The van der Waals surface area contributed by atoms with E-state index in [-0.39, 0.29) is 5.56 Å². The van der Waals surface area contributed by atoms with E-state index < -0.39 is 0 Å². The van der Waals surface area contributed by atoms with Crippen LogP contribution in [0.2, 0.25) is 0 Å². The lowest BCUT2D eigenvalue weighted by atomic mass is 9.85. The Morgan fingerprint density at radius 2 is 2.15 bits per heavy atom. The maximum Gasteiger partial charge on any atom is 0.291 e. The number of nitrogens with zero attached hydrogens (tertiary/aromatic N) is 3. The van der Waals surface area contributed by atoms with Gasteiger partial charge in [-0.3, -0.25) is 4.79 Å². The second kappa shape index (κ2) is 5.85. The van der Waals surface area contributed by atoms with E-state index in [4.69, 9.17) is 5.73 Å². The summed E-state index contributed by atoms with van der Waals surface area (Å²) in [7, 11) is 0. The zero-order valence-corrected chi connectivity index (χ0v) is 13.2. The SMILES string of the molecule is NCC1CCN(c2c(Br)cnn(CC3CCC3)c2=O)C1. The summed E-state index contributed by atoms with van der Waals surface area (Å²) in [5.74, 6) is 1.12. The van der Waals surface area contributed by atoms with Gasteiger partial charge in [-0.25, -0.2) is 4.68 Å². The molecule has 6 heteroatoms. The number of rotatable bonds is 4. The zero-order chi connectivity index (χ0) is 14.1. The molecule has 2 N–H and O–H groups in total. The molecule has 3 rings (SSSR count). The van der Waals surface area contributed by atoms with E-state index in [9.17, 15) is 4.79 Å². The van der Waals surface area contributed by atoms with Crippen LogP contribution in [0, 0.1) is 11.8 Å². The molecule has 0 spiro atoms. The second-order valence-electron chi connectivity index (χ2n) is 5.96. The first-order chi connectivity index (χ1) is 9.69. The Balaban J connectivity index is 1.85. The van der Waals surface area contributed by atoms with Crippen molar-refractivity contribution in [3.8, 4) is 0 Å². The van der Waals surface area contributed by atoms with Crippen LogP contribution in [0.4, 0.5) is 5.69 Å². The van der Waals surface area contributed by atoms with Crippen molar-refractivity contribution >= 4 is 21.6 Å². The fourth-order valence-electron chi connectivity index (χ4n) is 3.02. The third-order valence-electron chi connectivity index (χ3n) is 4.56. The highest BCUT2D eigenvalue weighted by Gasteiger charge is 2.27. The Bertz CT molecular complexity index is 540. The van der Waals surface area contributed by atoms with Crippen molar-refractivity contribution in [3.05, 3.63) is 21.0 Å². The second-order valence-corrected chi connectivity index (χ2v) is 6.82. The summed E-state index contributed by atoms with van der Waals surface area (Å²) in [6, 6.07) is 0. The minimum absolute atomic E-state index is 0.0314. The van der Waals surface area contributed by atoms with E-state index in [1.807, 2.05) is 0 Å². The standard InChI is InChI=1S/C14H21BrN4O/c15-12-7-17-19(9-10-2-1-3-10)14(20)13(12)18-5-4-11(6-16)8-18/h7,10-11H,1-6,8-9,16H2. The van der Waals surface area contributed by atoms with Gasteiger partial charge in [-0.1, -0.05) is 6.42 Å². The van der Waals surface area contributed by atoms with Crippen LogP contribution in [-0.2, 0) is 6.54 Å². The van der Waals surface area contributed by atoms with Crippen LogP contribution < -0.4 is 16.2 Å². The first-order valence-electron chi connectivity index (χ1n) is 7.39. The Morgan fingerprint density at radius 3 is 2.75 bits per heavy atom. The number of halogens is 1. The monoisotopic (exact) mass is 340 g/mol. The minimum Gasteiger partial charge on any atom is -0.366 e. The summed E-state index contributed by atoms with van der Waals surface area (Å²) in [5, 5.41) is 4.28. The van der Waals surface area contributed by atoms with Gasteiger partial charge in [-0.05, 0) is 53.6 Å². The number of anilines is 1. The molecule has 1 aromatic rings. The van der Waals surface area contributed by atoms with E-state index in [0.717, 1.165) is 36.2 Å². The number of hydrogen-bond acceptors (Lipinski definition) is 4. The van der Waals surface area contributed by atoms with Gasteiger partial charge in [0, 0.05) is 19.6 Å². The average Bonchev–Trinajstić information content (AvgIpc) is 2.84. The average molecular weight is 341 g/mol. The summed E-state index contributed by atoms with van der Waals surface area (Å²) in [5.41, 5.74) is 6.53. The van der Waals surface area contributed by atoms with Crippen LogP contribution in [0.5, 0.6) is 0 Å². The van der Waals surface area contributed by atoms with Crippen LogP contribution >= 0.6 is 15.9 Å². The fourth-order valence-corrected chi connectivity index (χ4v) is 3.53. The van der Waals surface area contributed by atoms with E-state index in [1.165, 1.54) is 19.3 Å². The quantitative estimate of drug-likeness (QED) is 0.903. The predicted molar refractivity (Wildman–Crippen MR) is 82.9 cm³/mol. The largest absolute Gasteiger partial charge is 0.366 e. The topological polar surface area (TPSA) is 64.2 Å². The normalized spacial score (nSPS) is 23.1. The fraction of sp³-hybridized carbons (Fsp3) is 0.714. The first-order valence-corrected chi connectivity index (χ1v) is 8.19. The number of nitrogens with two attached hydrogens (primary N) is 1. The molecule has 2 aliphatic rings. The first kappa shape index (κ1) is 14.1. The smallest absolute Gasteiger partial charge is 0.291 e. The van der Waals surface area contributed by atoms with Crippen LogP contribution in [0.25, 0.3) is 0 Å². The highest BCUT2D eigenvalue weighted by atomic mass is 79.9. The van der Waals surface area contributed by atoms with Gasteiger partial charge < -0.3 is 10.6 Å². The Hall–Kier alpha value is -0.880. The molecule has 1 saturated heterocycles. The molecule has 0 amide bonds. The van der Waals surface area contributed by atoms with Gasteiger partial charge in [0.1, 0.15) is 5.69 Å². The van der Waals surface area contributed by atoms with Gasteiger partial charge in [0.15, 0.2) is 0 Å². The summed E-state index contributed by atoms with van der Waals surface area (Å²) in [6.07, 6.45) is 6.54. The van der Waals surface area contributed by atoms with Crippen molar-refractivity contribution in [2.45, 2.75) is 32.2 Å². The molecule has 2 heterocycles. The maximum absolute atomic E-state index is 12.6. The van der Waals surface area contributed by atoms with Gasteiger partial charge in [0.25, 0.3) is 5.56 Å². The molecule has 2 fully saturated rings. The van der Waals surface area contributed by atoms with Crippen molar-refractivity contribution in [2.75, 3.05) is 24.5 Å². The van der Waals surface area contributed by atoms with Gasteiger partial charge in [-0.2, -0.15) is 5.10 Å². The third-order valence-corrected chi connectivity index (χ3v) is 5.15. The molecule has 0 aromatic carbocycles. The summed E-state index contributed by atoms with van der Waals surface area (Å²) in [6.45, 7) is 3.23. The van der Waals surface area contributed by atoms with Crippen LogP contribution in [0.15, 0.2) is 15.5 Å². The Morgan fingerprint density at radius 1 is 1.35 bits per heavy atom. The molecule has 1 aromatic heterocycles. The van der Waals surface area contributed by atoms with Crippen molar-refractivity contribution < 1.29 is 0 Å². The molecule has 1 aliphatic heterocycles. The molecule has 0 bridgehead atoms. The summed E-state index contributed by atoms with van der Waals surface area (Å²) < 4.78 is 2.43. The Labute approximate surface area is 127 Å². The molecule has 1 unspecified atom stereocenters. The number of aromatic nitrogens is 2. The van der Waals surface area contributed by atoms with E-state index in [0.29, 0.717) is 18.4 Å². The van der Waals surface area contributed by atoms with Crippen molar-refractivity contribution in [2.24, 2.45) is 17.6 Å². The molecular formula is C14H21BrN4O. The van der Waals surface area contributed by atoms with Crippen molar-refractivity contribution in [1.82, 2.24) is 9.78 Å². The summed E-state index contributed by atoms with van der Waals surface area (Å²) >= 11 is 3.48. The lowest BCUT2D eigenvalue weighted by Crippen LogP contribution is -2.35. The van der Waals surface area contributed by atoms with Crippen LogP contribution in [-0.4, -0.2) is 29.4 Å². The van der Waals surface area contributed by atoms with E-state index in [2.05, 4.69) is 25.9 Å². The Kier molecular flexibility index (Phi) is 4.12. The number of hydrogen-bond donors (Lipinski definition) is 1. The summed E-state index contributed by atoms with van der Waals surface area (Å²) in [4.78, 5) is 14.8.